The molecule has 0 radical (unpaired) electrons. The first-order valence-corrected chi connectivity index (χ1v) is 12.9. The van der Waals surface area contributed by atoms with Gasteiger partial charge in [0.25, 0.3) is 17.0 Å². The maximum Gasteiger partial charge on any atom is 0.295 e. The van der Waals surface area contributed by atoms with Crippen molar-refractivity contribution in [2.24, 2.45) is 7.05 Å². The fourth-order valence-electron chi connectivity index (χ4n) is 4.37. The van der Waals surface area contributed by atoms with Gasteiger partial charge in [0.05, 0.1) is 11.4 Å². The number of nitrogens with zero attached hydrogens (tertiary/aromatic N) is 5. The molecule has 0 bridgehead atoms. The van der Waals surface area contributed by atoms with Crippen molar-refractivity contribution in [1.82, 2.24) is 18.7 Å². The Morgan fingerprint density at radius 3 is 2.41 bits per heavy atom. The van der Waals surface area contributed by atoms with Crippen LogP contribution in [-0.4, -0.2) is 24.7 Å². The molecule has 0 saturated carbocycles. The summed E-state index contributed by atoms with van der Waals surface area (Å²) in [4.78, 5) is 44.5. The summed E-state index contributed by atoms with van der Waals surface area (Å²) in [5, 5.41) is 12.5. The lowest BCUT2D eigenvalue weighted by Gasteiger charge is -2.11. The topological polar surface area (TPSA) is 123 Å². The van der Waals surface area contributed by atoms with E-state index >= 15 is 0 Å². The van der Waals surface area contributed by atoms with E-state index in [0.29, 0.717) is 22.8 Å². The number of anilines is 1. The number of nitriles is 1. The number of para-hydroxylation sites is 1. The molecular formula is C31H26N6O4. The van der Waals surface area contributed by atoms with E-state index < -0.39 is 22.6 Å². The van der Waals surface area contributed by atoms with Crippen molar-refractivity contribution in [3.8, 4) is 23.4 Å². The second-order valence-electron chi connectivity index (χ2n) is 9.22. The predicted molar refractivity (Wildman–Crippen MR) is 155 cm³/mol. The van der Waals surface area contributed by atoms with Gasteiger partial charge in [0.15, 0.2) is 0 Å². The van der Waals surface area contributed by atoms with Crippen LogP contribution in [0.3, 0.4) is 0 Å². The third-order valence-electron chi connectivity index (χ3n) is 6.73. The van der Waals surface area contributed by atoms with Crippen molar-refractivity contribution in [2.45, 2.75) is 20.3 Å². The highest BCUT2D eigenvalue weighted by molar-refractivity contribution is 6.10. The van der Waals surface area contributed by atoms with Gasteiger partial charge < -0.3 is 10.1 Å². The Bertz CT molecular complexity index is 1960. The minimum Gasteiger partial charge on any atom is -0.438 e. The smallest absolute Gasteiger partial charge is 0.295 e. The molecule has 10 nitrogen and oxygen atoms in total. The fourth-order valence-corrected chi connectivity index (χ4v) is 4.37. The molecule has 0 unspecified atom stereocenters. The van der Waals surface area contributed by atoms with Gasteiger partial charge in [0.1, 0.15) is 34.3 Å². The Balaban J connectivity index is 1.56. The number of aromatic nitrogens is 4. The van der Waals surface area contributed by atoms with Gasteiger partial charge >= 0.3 is 0 Å². The van der Waals surface area contributed by atoms with Gasteiger partial charge in [0, 0.05) is 13.2 Å². The van der Waals surface area contributed by atoms with Crippen LogP contribution in [0.2, 0.25) is 0 Å². The van der Waals surface area contributed by atoms with Crippen LogP contribution in [0.15, 0.2) is 94.2 Å². The first kappa shape index (κ1) is 26.9. The summed E-state index contributed by atoms with van der Waals surface area (Å²) < 4.78 is 10.3. The Labute approximate surface area is 235 Å². The number of benzene rings is 2. The molecule has 41 heavy (non-hydrogen) atoms. The lowest BCUT2D eigenvalue weighted by molar-refractivity contribution is -0.112. The number of nitrogens with one attached hydrogen (secondary N) is 1. The van der Waals surface area contributed by atoms with Crippen molar-refractivity contribution >= 4 is 23.3 Å². The average molecular weight is 547 g/mol. The zero-order valence-corrected chi connectivity index (χ0v) is 22.7. The molecule has 5 aromatic rings. The van der Waals surface area contributed by atoms with Crippen LogP contribution < -0.4 is 21.2 Å². The van der Waals surface area contributed by atoms with Gasteiger partial charge in [-0.2, -0.15) is 10.2 Å². The van der Waals surface area contributed by atoms with Crippen LogP contribution in [0, 0.1) is 18.3 Å². The molecule has 0 atom stereocenters. The quantitative estimate of drug-likeness (QED) is 0.239. The van der Waals surface area contributed by atoms with Crippen molar-refractivity contribution < 1.29 is 9.53 Å². The number of rotatable bonds is 7. The van der Waals surface area contributed by atoms with Crippen molar-refractivity contribution in [3.63, 3.8) is 0 Å². The van der Waals surface area contributed by atoms with E-state index in [4.69, 9.17) is 4.74 Å². The monoisotopic (exact) mass is 546 g/mol. The molecule has 0 saturated heterocycles. The largest absolute Gasteiger partial charge is 0.438 e. The number of fused-ring (bicyclic) bond motifs is 1. The Morgan fingerprint density at radius 2 is 1.73 bits per heavy atom. The molecule has 1 N–H and O–H groups in total. The van der Waals surface area contributed by atoms with E-state index in [2.05, 4.69) is 10.3 Å². The summed E-state index contributed by atoms with van der Waals surface area (Å²) in [6.07, 6.45) is 3.52. The van der Waals surface area contributed by atoms with Gasteiger partial charge in [-0.1, -0.05) is 43.3 Å². The molecule has 10 heteroatoms. The van der Waals surface area contributed by atoms with Crippen LogP contribution >= 0.6 is 0 Å². The molecule has 204 valence electrons. The van der Waals surface area contributed by atoms with Gasteiger partial charge in [-0.05, 0) is 61.4 Å². The second kappa shape index (κ2) is 11.2. The Kier molecular flexibility index (Phi) is 7.35. The maximum atomic E-state index is 13.5. The van der Waals surface area contributed by atoms with E-state index in [-0.39, 0.29) is 17.1 Å². The summed E-state index contributed by atoms with van der Waals surface area (Å²) >= 11 is 0. The number of carbonyl (C=O) groups is 1. The van der Waals surface area contributed by atoms with Crippen molar-refractivity contribution in [3.05, 3.63) is 122 Å². The normalized spacial score (nSPS) is 11.3. The van der Waals surface area contributed by atoms with E-state index in [1.807, 2.05) is 31.2 Å². The molecule has 0 aliphatic heterocycles. The molecule has 3 aromatic heterocycles. The Hall–Kier alpha value is -5.69. The molecule has 3 heterocycles. The highest BCUT2D eigenvalue weighted by Crippen LogP contribution is 2.25. The maximum absolute atomic E-state index is 13.5. The number of aryl methyl sites for hydroxylation is 1. The zero-order valence-electron chi connectivity index (χ0n) is 22.7. The lowest BCUT2D eigenvalue weighted by Crippen LogP contribution is -2.24. The summed E-state index contributed by atoms with van der Waals surface area (Å²) in [5.74, 6) is -0.476. The summed E-state index contributed by atoms with van der Waals surface area (Å²) in [6, 6.07) is 23.2. The highest BCUT2D eigenvalue weighted by atomic mass is 16.5. The number of hydrogen-bond acceptors (Lipinski definition) is 6. The number of amides is 1. The minimum atomic E-state index is -0.852. The number of pyridine rings is 1. The Morgan fingerprint density at radius 1 is 1.02 bits per heavy atom. The van der Waals surface area contributed by atoms with Crippen molar-refractivity contribution in [2.75, 3.05) is 5.32 Å². The highest BCUT2D eigenvalue weighted by Gasteiger charge is 2.22. The molecule has 0 fully saturated rings. The molecule has 1 amide bonds. The first-order chi connectivity index (χ1) is 19.8. The van der Waals surface area contributed by atoms with Gasteiger partial charge in [-0.25, -0.2) is 4.68 Å². The molecule has 0 spiro atoms. The SMILES string of the molecule is CCc1ccc(Oc2nc3ccccn3c(=O)c2C=C(C#N)C(=O)Nc2c(C)n(C)n(-c3ccccc3)c2=O)cc1. The van der Waals surface area contributed by atoms with Gasteiger partial charge in [0.2, 0.25) is 5.88 Å². The third-order valence-corrected chi connectivity index (χ3v) is 6.73. The standard InChI is InChI=1S/C31H26N6O4/c1-4-21-13-15-24(16-14-21)41-29-25(30(39)36-17-9-8-12-26(36)33-29)18-22(19-32)28(38)34-27-20(2)35(3)37(31(27)40)23-10-6-5-7-11-23/h5-18H,4H2,1-3H3,(H,34,38). The van der Waals surface area contributed by atoms with Crippen LogP contribution in [0.1, 0.15) is 23.7 Å². The van der Waals surface area contributed by atoms with E-state index in [1.54, 1.807) is 73.3 Å². The number of hydrogen-bond donors (Lipinski definition) is 1. The molecule has 5 rings (SSSR count). The first-order valence-electron chi connectivity index (χ1n) is 12.9. The molecule has 2 aromatic carbocycles. The van der Waals surface area contributed by atoms with Crippen LogP contribution in [0.4, 0.5) is 5.69 Å². The average Bonchev–Trinajstić information content (AvgIpc) is 3.20. The summed E-state index contributed by atoms with van der Waals surface area (Å²) in [5.41, 5.74) is 1.07. The van der Waals surface area contributed by atoms with Crippen LogP contribution in [-0.2, 0) is 18.3 Å². The van der Waals surface area contributed by atoms with E-state index in [0.717, 1.165) is 18.1 Å². The minimum absolute atomic E-state index is 0.0170. The van der Waals surface area contributed by atoms with Crippen LogP contribution in [0.25, 0.3) is 17.4 Å². The van der Waals surface area contributed by atoms with Gasteiger partial charge in [-0.15, -0.1) is 0 Å². The second-order valence-corrected chi connectivity index (χ2v) is 9.22. The molecular weight excluding hydrogens is 520 g/mol. The third kappa shape index (κ3) is 5.16. The summed E-state index contributed by atoms with van der Waals surface area (Å²) in [6.45, 7) is 3.72. The molecule has 0 aliphatic carbocycles. The van der Waals surface area contributed by atoms with E-state index in [9.17, 15) is 19.6 Å². The lowest BCUT2D eigenvalue weighted by atomic mass is 10.1. The fraction of sp³-hybridized carbons (Fsp3) is 0.129. The molecule has 0 aliphatic rings. The van der Waals surface area contributed by atoms with Crippen molar-refractivity contribution in [1.29, 1.82) is 5.26 Å². The number of carbonyl (C=O) groups excluding carboxylic acids is 1. The number of ether oxygens (including phenoxy) is 1. The zero-order chi connectivity index (χ0) is 29.1. The van der Waals surface area contributed by atoms with Gasteiger partial charge in [-0.3, -0.25) is 23.5 Å². The summed E-state index contributed by atoms with van der Waals surface area (Å²) in [7, 11) is 1.69. The van der Waals surface area contributed by atoms with E-state index in [1.165, 1.54) is 15.3 Å². The predicted octanol–water partition coefficient (Wildman–Crippen LogP) is 4.39. The van der Waals surface area contributed by atoms with Crippen LogP contribution in [0.5, 0.6) is 11.6 Å².